The van der Waals surface area contributed by atoms with Gasteiger partial charge >= 0.3 is 0 Å². The number of aryl methyl sites for hydroxylation is 1. The summed E-state index contributed by atoms with van der Waals surface area (Å²) in [5.41, 5.74) is 6.38. The van der Waals surface area contributed by atoms with Gasteiger partial charge < -0.3 is 5.73 Å². The third-order valence-electron chi connectivity index (χ3n) is 1.10. The molecule has 0 fully saturated rings. The molecular weight excluding hydrogens is 197 g/mol. The Morgan fingerprint density at radius 1 is 1.29 bits per heavy atom. The summed E-state index contributed by atoms with van der Waals surface area (Å²) in [6.45, 7) is 7.80. The number of halogens is 1. The van der Waals surface area contributed by atoms with Crippen LogP contribution in [0, 0.1) is 12.7 Å². The first-order valence-electron chi connectivity index (χ1n) is 4.44. The van der Waals surface area contributed by atoms with Crippen LogP contribution < -0.4 is 5.73 Å². The molecule has 0 bridgehead atoms. The lowest BCUT2D eigenvalue weighted by Gasteiger charge is -2.06. The normalized spacial score (nSPS) is 10.5. The molecular formula is C11H18FNS. The number of hydrogen-bond acceptors (Lipinski definition) is 2. The summed E-state index contributed by atoms with van der Waals surface area (Å²) in [5, 5.41) is 0. The van der Waals surface area contributed by atoms with Crippen LogP contribution in [0.5, 0.6) is 0 Å². The molecule has 0 unspecified atom stereocenters. The van der Waals surface area contributed by atoms with Crippen LogP contribution in [-0.4, -0.2) is 5.54 Å². The Balaban J connectivity index is 0.000000292. The van der Waals surface area contributed by atoms with Crippen molar-refractivity contribution in [1.82, 2.24) is 0 Å². The molecule has 0 aliphatic rings. The van der Waals surface area contributed by atoms with Gasteiger partial charge in [-0.15, -0.1) is 12.6 Å². The summed E-state index contributed by atoms with van der Waals surface area (Å²) in [5.74, 6) is -0.260. The van der Waals surface area contributed by atoms with Crippen LogP contribution in [0.15, 0.2) is 23.1 Å². The Bertz CT molecular complexity index is 286. The van der Waals surface area contributed by atoms with E-state index in [0.717, 1.165) is 5.56 Å². The summed E-state index contributed by atoms with van der Waals surface area (Å²) in [6.07, 6.45) is 0. The van der Waals surface area contributed by atoms with Gasteiger partial charge in [0.1, 0.15) is 5.82 Å². The number of benzene rings is 1. The van der Waals surface area contributed by atoms with Gasteiger partial charge in [-0.25, -0.2) is 4.39 Å². The fourth-order valence-electron chi connectivity index (χ4n) is 0.623. The molecule has 0 radical (unpaired) electrons. The summed E-state index contributed by atoms with van der Waals surface area (Å²) in [4.78, 5) is 0.412. The van der Waals surface area contributed by atoms with E-state index in [-0.39, 0.29) is 11.4 Å². The molecule has 1 rings (SSSR count). The zero-order valence-corrected chi connectivity index (χ0v) is 10.0. The molecule has 0 aliphatic carbocycles. The first-order chi connectivity index (χ1) is 6.20. The second-order valence-corrected chi connectivity index (χ2v) is 4.80. The van der Waals surface area contributed by atoms with Gasteiger partial charge in [0.15, 0.2) is 0 Å². The molecule has 1 aromatic carbocycles. The van der Waals surface area contributed by atoms with Crippen molar-refractivity contribution >= 4 is 12.6 Å². The van der Waals surface area contributed by atoms with Crippen LogP contribution in [0.4, 0.5) is 4.39 Å². The summed E-state index contributed by atoms with van der Waals surface area (Å²) >= 11 is 3.89. The number of hydrogen-bond donors (Lipinski definition) is 2. The van der Waals surface area contributed by atoms with Gasteiger partial charge in [0.2, 0.25) is 0 Å². The predicted molar refractivity (Wildman–Crippen MR) is 62.3 cm³/mol. The zero-order valence-electron chi connectivity index (χ0n) is 9.13. The van der Waals surface area contributed by atoms with Crippen LogP contribution >= 0.6 is 12.6 Å². The molecule has 1 aromatic rings. The average Bonchev–Trinajstić information content (AvgIpc) is 1.94. The highest BCUT2D eigenvalue weighted by Crippen LogP contribution is 2.12. The van der Waals surface area contributed by atoms with Gasteiger partial charge in [-0.1, -0.05) is 6.07 Å². The number of thiol groups is 1. The molecule has 0 saturated heterocycles. The van der Waals surface area contributed by atoms with Crippen molar-refractivity contribution in [3.05, 3.63) is 29.6 Å². The van der Waals surface area contributed by atoms with Gasteiger partial charge in [0.05, 0.1) is 0 Å². The van der Waals surface area contributed by atoms with E-state index in [2.05, 4.69) is 12.6 Å². The van der Waals surface area contributed by atoms with E-state index in [9.17, 15) is 4.39 Å². The largest absolute Gasteiger partial charge is 0.326 e. The third-order valence-corrected chi connectivity index (χ3v) is 1.44. The van der Waals surface area contributed by atoms with E-state index < -0.39 is 0 Å². The minimum Gasteiger partial charge on any atom is -0.326 e. The maximum Gasteiger partial charge on any atom is 0.136 e. The Morgan fingerprint density at radius 3 is 2.00 bits per heavy atom. The van der Waals surface area contributed by atoms with Gasteiger partial charge in [-0.2, -0.15) is 0 Å². The molecule has 0 aromatic heterocycles. The van der Waals surface area contributed by atoms with Crippen LogP contribution in [0.25, 0.3) is 0 Å². The maximum atomic E-state index is 12.4. The Hall–Kier alpha value is -0.540. The Labute approximate surface area is 90.9 Å². The predicted octanol–water partition coefficient (Wildman–Crippen LogP) is 3.17. The van der Waals surface area contributed by atoms with Crippen LogP contribution in [-0.2, 0) is 0 Å². The lowest BCUT2D eigenvalue weighted by molar-refractivity contribution is 0.580. The SMILES string of the molecule is CC(C)(C)N.Cc1ccc(F)c(S)c1. The maximum absolute atomic E-state index is 12.4. The molecule has 1 nitrogen and oxygen atoms in total. The highest BCUT2D eigenvalue weighted by atomic mass is 32.1. The monoisotopic (exact) mass is 215 g/mol. The standard InChI is InChI=1S/C7H7FS.C4H11N/c1-5-2-3-6(8)7(9)4-5;1-4(2,3)5/h2-4,9H,1H3;5H2,1-3H3. The smallest absolute Gasteiger partial charge is 0.136 e. The third kappa shape index (κ3) is 8.08. The lowest BCUT2D eigenvalue weighted by atomic mass is 10.1. The molecule has 80 valence electrons. The highest BCUT2D eigenvalue weighted by molar-refractivity contribution is 7.80. The first-order valence-corrected chi connectivity index (χ1v) is 4.89. The molecule has 0 spiro atoms. The second-order valence-electron chi connectivity index (χ2n) is 4.32. The molecule has 0 amide bonds. The van der Waals surface area contributed by atoms with Crippen LogP contribution in [0.3, 0.4) is 0 Å². The van der Waals surface area contributed by atoms with Crippen molar-refractivity contribution in [2.75, 3.05) is 0 Å². The summed E-state index contributed by atoms with van der Waals surface area (Å²) in [7, 11) is 0. The van der Waals surface area contributed by atoms with Gasteiger partial charge in [0, 0.05) is 10.4 Å². The minimum atomic E-state index is -0.260. The van der Waals surface area contributed by atoms with Gasteiger partial charge in [0.25, 0.3) is 0 Å². The molecule has 0 atom stereocenters. The van der Waals surface area contributed by atoms with Crippen molar-refractivity contribution in [3.63, 3.8) is 0 Å². The van der Waals surface area contributed by atoms with E-state index in [0.29, 0.717) is 4.90 Å². The second kappa shape index (κ2) is 5.37. The van der Waals surface area contributed by atoms with Crippen molar-refractivity contribution < 1.29 is 4.39 Å². The number of nitrogens with two attached hydrogens (primary N) is 1. The Kier molecular flexibility index (Phi) is 5.16. The molecule has 0 aliphatic heterocycles. The minimum absolute atomic E-state index is 0. The molecule has 0 heterocycles. The quantitative estimate of drug-likeness (QED) is 0.639. The van der Waals surface area contributed by atoms with E-state index in [1.807, 2.05) is 27.7 Å². The van der Waals surface area contributed by atoms with Crippen molar-refractivity contribution in [3.8, 4) is 0 Å². The van der Waals surface area contributed by atoms with Crippen LogP contribution in [0.2, 0.25) is 0 Å². The van der Waals surface area contributed by atoms with Crippen LogP contribution in [0.1, 0.15) is 26.3 Å². The van der Waals surface area contributed by atoms with E-state index >= 15 is 0 Å². The fraction of sp³-hybridized carbons (Fsp3) is 0.455. The van der Waals surface area contributed by atoms with Crippen molar-refractivity contribution in [2.45, 2.75) is 38.1 Å². The summed E-state index contributed by atoms with van der Waals surface area (Å²) < 4.78 is 12.4. The molecule has 14 heavy (non-hydrogen) atoms. The number of rotatable bonds is 0. The average molecular weight is 215 g/mol. The molecule has 3 heteroatoms. The van der Waals surface area contributed by atoms with E-state index in [1.165, 1.54) is 6.07 Å². The van der Waals surface area contributed by atoms with Gasteiger partial charge in [-0.05, 0) is 45.4 Å². The zero-order chi connectivity index (χ0) is 11.4. The molecule has 2 N–H and O–H groups in total. The first kappa shape index (κ1) is 13.5. The highest BCUT2D eigenvalue weighted by Gasteiger charge is 1.95. The topological polar surface area (TPSA) is 26.0 Å². The van der Waals surface area contributed by atoms with E-state index in [4.69, 9.17) is 5.73 Å². The van der Waals surface area contributed by atoms with Gasteiger partial charge in [-0.3, -0.25) is 0 Å². The van der Waals surface area contributed by atoms with Crippen molar-refractivity contribution in [2.24, 2.45) is 5.73 Å². The van der Waals surface area contributed by atoms with Crippen molar-refractivity contribution in [1.29, 1.82) is 0 Å². The van der Waals surface area contributed by atoms with E-state index in [1.54, 1.807) is 12.1 Å². The Morgan fingerprint density at radius 2 is 1.71 bits per heavy atom. The molecule has 0 saturated carbocycles. The lowest BCUT2D eigenvalue weighted by Crippen LogP contribution is -2.26. The summed E-state index contributed by atoms with van der Waals surface area (Å²) in [6, 6.07) is 4.82. The fourth-order valence-corrected chi connectivity index (χ4v) is 0.901.